The van der Waals surface area contributed by atoms with E-state index in [2.05, 4.69) is 0 Å². The Morgan fingerprint density at radius 1 is 1.11 bits per heavy atom. The van der Waals surface area contributed by atoms with Crippen molar-refractivity contribution >= 4 is 34.9 Å². The predicted molar refractivity (Wildman–Crippen MR) is 76.4 cm³/mol. The van der Waals surface area contributed by atoms with Gasteiger partial charge in [-0.15, -0.1) is 11.6 Å². The van der Waals surface area contributed by atoms with Gasteiger partial charge in [0.05, 0.1) is 0 Å². The summed E-state index contributed by atoms with van der Waals surface area (Å²) in [4.78, 5) is 0. The Morgan fingerprint density at radius 3 is 2.56 bits per heavy atom. The SMILES string of the molecule is Fc1cccc(/C(=C/c2cccc(Cl)c2)CCl)c1. The van der Waals surface area contributed by atoms with Crippen LogP contribution < -0.4 is 0 Å². The molecule has 0 radical (unpaired) electrons. The molecule has 0 aliphatic rings. The van der Waals surface area contributed by atoms with E-state index in [1.54, 1.807) is 12.1 Å². The van der Waals surface area contributed by atoms with Crippen molar-refractivity contribution < 1.29 is 4.39 Å². The maximum Gasteiger partial charge on any atom is 0.123 e. The fourth-order valence-electron chi connectivity index (χ4n) is 1.68. The van der Waals surface area contributed by atoms with E-state index in [1.807, 2.05) is 30.3 Å². The van der Waals surface area contributed by atoms with Crippen LogP contribution in [0.2, 0.25) is 5.02 Å². The highest BCUT2D eigenvalue weighted by Gasteiger charge is 2.02. The Labute approximate surface area is 116 Å². The van der Waals surface area contributed by atoms with Crippen molar-refractivity contribution in [3.05, 3.63) is 70.5 Å². The number of allylic oxidation sites excluding steroid dienone is 1. The summed E-state index contributed by atoms with van der Waals surface area (Å²) in [6, 6.07) is 13.8. The third kappa shape index (κ3) is 3.34. The summed E-state index contributed by atoms with van der Waals surface area (Å²) in [5.41, 5.74) is 2.59. The number of hydrogen-bond acceptors (Lipinski definition) is 0. The van der Waals surface area contributed by atoms with Crippen molar-refractivity contribution in [2.24, 2.45) is 0 Å². The van der Waals surface area contributed by atoms with Gasteiger partial charge in [-0.3, -0.25) is 0 Å². The van der Waals surface area contributed by atoms with Crippen molar-refractivity contribution in [1.29, 1.82) is 0 Å². The summed E-state index contributed by atoms with van der Waals surface area (Å²) in [5.74, 6) is 0.0466. The molecule has 0 saturated heterocycles. The molecule has 0 spiro atoms. The van der Waals surface area contributed by atoms with E-state index >= 15 is 0 Å². The Balaban J connectivity index is 2.39. The van der Waals surface area contributed by atoms with Crippen LogP contribution in [-0.4, -0.2) is 5.88 Å². The minimum Gasteiger partial charge on any atom is -0.207 e. The van der Waals surface area contributed by atoms with Crippen LogP contribution in [0.4, 0.5) is 4.39 Å². The van der Waals surface area contributed by atoms with Gasteiger partial charge in [-0.1, -0.05) is 35.9 Å². The molecule has 92 valence electrons. The molecule has 2 aromatic rings. The minimum absolute atomic E-state index is 0.269. The Bertz CT molecular complexity index is 576. The maximum absolute atomic E-state index is 13.2. The molecule has 2 aromatic carbocycles. The van der Waals surface area contributed by atoms with Crippen LogP contribution in [0.15, 0.2) is 48.5 Å². The third-order valence-corrected chi connectivity index (χ3v) is 3.05. The van der Waals surface area contributed by atoms with Gasteiger partial charge in [-0.2, -0.15) is 0 Å². The fraction of sp³-hybridized carbons (Fsp3) is 0.0667. The Morgan fingerprint density at radius 2 is 1.89 bits per heavy atom. The summed E-state index contributed by atoms with van der Waals surface area (Å²) in [6.45, 7) is 0. The largest absolute Gasteiger partial charge is 0.207 e. The van der Waals surface area contributed by atoms with Crippen molar-refractivity contribution in [2.75, 3.05) is 5.88 Å². The summed E-state index contributed by atoms with van der Waals surface area (Å²) >= 11 is 11.8. The summed E-state index contributed by atoms with van der Waals surface area (Å²) in [6.07, 6.45) is 1.91. The first-order valence-electron chi connectivity index (χ1n) is 5.47. The second-order valence-electron chi connectivity index (χ2n) is 3.87. The average Bonchev–Trinajstić information content (AvgIpc) is 2.36. The minimum atomic E-state index is -0.269. The first-order chi connectivity index (χ1) is 8.69. The highest BCUT2D eigenvalue weighted by molar-refractivity contribution is 6.30. The van der Waals surface area contributed by atoms with E-state index in [4.69, 9.17) is 23.2 Å². The van der Waals surface area contributed by atoms with Crippen molar-refractivity contribution in [1.82, 2.24) is 0 Å². The summed E-state index contributed by atoms with van der Waals surface area (Å²) in [7, 11) is 0. The fourth-order valence-corrected chi connectivity index (χ4v) is 2.12. The van der Waals surface area contributed by atoms with Gasteiger partial charge in [0.2, 0.25) is 0 Å². The van der Waals surface area contributed by atoms with E-state index in [9.17, 15) is 4.39 Å². The Hall–Kier alpha value is -1.31. The molecule has 0 unspecified atom stereocenters. The zero-order valence-electron chi connectivity index (χ0n) is 9.54. The molecule has 0 N–H and O–H groups in total. The van der Waals surface area contributed by atoms with Crippen LogP contribution in [0, 0.1) is 5.82 Å². The van der Waals surface area contributed by atoms with Crippen LogP contribution in [-0.2, 0) is 0 Å². The summed E-state index contributed by atoms with van der Waals surface area (Å²) in [5, 5.41) is 0.664. The normalized spacial score (nSPS) is 11.6. The predicted octanol–water partition coefficient (Wildman–Crippen LogP) is 5.26. The standard InChI is InChI=1S/C15H11Cl2F/c16-10-13(12-4-2-6-15(18)9-12)7-11-3-1-5-14(17)8-11/h1-9H,10H2/b13-7+. The van der Waals surface area contributed by atoms with E-state index in [1.165, 1.54) is 12.1 Å². The molecule has 0 fully saturated rings. The highest BCUT2D eigenvalue weighted by atomic mass is 35.5. The van der Waals surface area contributed by atoms with E-state index in [-0.39, 0.29) is 5.82 Å². The molecule has 0 saturated carbocycles. The van der Waals surface area contributed by atoms with Gasteiger partial charge < -0.3 is 0 Å². The number of benzene rings is 2. The molecular formula is C15H11Cl2F. The van der Waals surface area contributed by atoms with Gasteiger partial charge in [0.25, 0.3) is 0 Å². The van der Waals surface area contributed by atoms with E-state index < -0.39 is 0 Å². The second-order valence-corrected chi connectivity index (χ2v) is 4.57. The molecule has 0 aliphatic heterocycles. The number of alkyl halides is 1. The second kappa shape index (κ2) is 6.03. The van der Waals surface area contributed by atoms with Crippen LogP contribution in [0.5, 0.6) is 0 Å². The first kappa shape index (κ1) is 13.1. The lowest BCUT2D eigenvalue weighted by Crippen LogP contribution is -1.87. The molecule has 0 atom stereocenters. The van der Waals surface area contributed by atoms with Crippen molar-refractivity contribution in [3.63, 3.8) is 0 Å². The van der Waals surface area contributed by atoms with Gasteiger partial charge >= 0.3 is 0 Å². The lowest BCUT2D eigenvalue weighted by molar-refractivity contribution is 0.627. The van der Waals surface area contributed by atoms with Crippen LogP contribution in [0.1, 0.15) is 11.1 Å². The van der Waals surface area contributed by atoms with Gasteiger partial charge in [-0.05, 0) is 47.0 Å². The van der Waals surface area contributed by atoms with Crippen LogP contribution >= 0.6 is 23.2 Å². The lowest BCUT2D eigenvalue weighted by Gasteiger charge is -2.05. The third-order valence-electron chi connectivity index (χ3n) is 2.53. The first-order valence-corrected chi connectivity index (χ1v) is 6.38. The average molecular weight is 281 g/mol. The monoisotopic (exact) mass is 280 g/mol. The van der Waals surface area contributed by atoms with E-state index in [0.717, 1.165) is 16.7 Å². The molecule has 2 rings (SSSR count). The molecule has 0 bridgehead atoms. The van der Waals surface area contributed by atoms with Gasteiger partial charge in [0.15, 0.2) is 0 Å². The summed E-state index contributed by atoms with van der Waals surface area (Å²) < 4.78 is 13.2. The molecule has 3 heteroatoms. The topological polar surface area (TPSA) is 0 Å². The number of halogens is 3. The zero-order chi connectivity index (χ0) is 13.0. The van der Waals surface area contributed by atoms with Gasteiger partial charge in [0.1, 0.15) is 5.82 Å². The molecule has 0 aromatic heterocycles. The van der Waals surface area contributed by atoms with E-state index in [0.29, 0.717) is 10.9 Å². The van der Waals surface area contributed by atoms with Crippen LogP contribution in [0.25, 0.3) is 11.6 Å². The zero-order valence-corrected chi connectivity index (χ0v) is 11.0. The molecule has 0 nitrogen and oxygen atoms in total. The van der Waals surface area contributed by atoms with Gasteiger partial charge in [0, 0.05) is 10.9 Å². The number of rotatable bonds is 3. The highest BCUT2D eigenvalue weighted by Crippen LogP contribution is 2.21. The molecule has 0 amide bonds. The van der Waals surface area contributed by atoms with Crippen molar-refractivity contribution in [2.45, 2.75) is 0 Å². The molecule has 18 heavy (non-hydrogen) atoms. The smallest absolute Gasteiger partial charge is 0.123 e. The molecule has 0 heterocycles. The Kier molecular flexibility index (Phi) is 4.40. The van der Waals surface area contributed by atoms with Crippen LogP contribution in [0.3, 0.4) is 0 Å². The quantitative estimate of drug-likeness (QED) is 0.532. The molecular weight excluding hydrogens is 270 g/mol. The lowest BCUT2D eigenvalue weighted by atomic mass is 10.0. The number of hydrogen-bond donors (Lipinski definition) is 0. The maximum atomic E-state index is 13.2. The van der Waals surface area contributed by atoms with Gasteiger partial charge in [-0.25, -0.2) is 4.39 Å². The molecule has 0 aliphatic carbocycles. The van der Waals surface area contributed by atoms with Crippen molar-refractivity contribution in [3.8, 4) is 0 Å².